The molecular weight excluding hydrogens is 367 g/mol. The topological polar surface area (TPSA) is 70.1 Å². The predicted octanol–water partition coefficient (Wildman–Crippen LogP) is 3.44. The number of hydrogen-bond acceptors (Lipinski definition) is 4. The molecule has 6 nitrogen and oxygen atoms in total. The molecule has 1 aromatic rings. The van der Waals surface area contributed by atoms with Crippen molar-refractivity contribution in [3.63, 3.8) is 0 Å². The summed E-state index contributed by atoms with van der Waals surface area (Å²) in [5.41, 5.74) is 0.0965. The Hall–Kier alpha value is -1.50. The standard InChI is InChI=1S/C17H23ClN2O4.ClH/c1-17(2,3)24-16(23)20-9-7-19(8-10-20)14(15(21)22)12-5-4-6-13(18)11-12;/h4-6,11,14H,7-10H2,1-3H3,(H,21,22);1H. The molecule has 1 aromatic carbocycles. The predicted molar refractivity (Wildman–Crippen MR) is 98.5 cm³/mol. The summed E-state index contributed by atoms with van der Waals surface area (Å²) in [6.45, 7) is 7.24. The van der Waals surface area contributed by atoms with E-state index in [0.717, 1.165) is 0 Å². The molecule has 1 amide bonds. The number of carbonyl (C=O) groups excluding carboxylic acids is 1. The molecule has 8 heteroatoms. The van der Waals surface area contributed by atoms with Crippen LogP contribution < -0.4 is 0 Å². The molecule has 1 saturated heterocycles. The first kappa shape index (κ1) is 21.5. The number of halogens is 2. The van der Waals surface area contributed by atoms with Crippen LogP contribution in [0.2, 0.25) is 5.02 Å². The largest absolute Gasteiger partial charge is 0.480 e. The van der Waals surface area contributed by atoms with Crippen LogP contribution in [0.3, 0.4) is 0 Å². The third kappa shape index (κ3) is 6.06. The Morgan fingerprint density at radius 1 is 1.20 bits per heavy atom. The molecule has 1 aliphatic heterocycles. The lowest BCUT2D eigenvalue weighted by molar-refractivity contribution is -0.144. The summed E-state index contributed by atoms with van der Waals surface area (Å²) in [5.74, 6) is -0.928. The second-order valence-corrected chi connectivity index (χ2v) is 7.24. The lowest BCUT2D eigenvalue weighted by Gasteiger charge is -2.38. The lowest BCUT2D eigenvalue weighted by atomic mass is 10.0. The Morgan fingerprint density at radius 3 is 2.28 bits per heavy atom. The van der Waals surface area contributed by atoms with E-state index < -0.39 is 17.6 Å². The number of aliphatic carboxylic acids is 1. The summed E-state index contributed by atoms with van der Waals surface area (Å²) >= 11 is 5.98. The zero-order valence-corrected chi connectivity index (χ0v) is 16.1. The van der Waals surface area contributed by atoms with E-state index in [4.69, 9.17) is 16.3 Å². The zero-order valence-electron chi connectivity index (χ0n) is 14.6. The van der Waals surface area contributed by atoms with Crippen LogP contribution >= 0.6 is 24.0 Å². The second-order valence-electron chi connectivity index (χ2n) is 6.80. The minimum atomic E-state index is -0.928. The number of nitrogens with zero attached hydrogens (tertiary/aromatic N) is 2. The highest BCUT2D eigenvalue weighted by Crippen LogP contribution is 2.25. The molecule has 1 aliphatic rings. The first-order valence-corrected chi connectivity index (χ1v) is 8.25. The van der Waals surface area contributed by atoms with Gasteiger partial charge in [0, 0.05) is 31.2 Å². The van der Waals surface area contributed by atoms with Crippen LogP contribution in [-0.4, -0.2) is 58.7 Å². The molecular formula is C17H24Cl2N2O4. The van der Waals surface area contributed by atoms with Crippen LogP contribution in [0.15, 0.2) is 24.3 Å². The fourth-order valence-corrected chi connectivity index (χ4v) is 2.87. The van der Waals surface area contributed by atoms with Gasteiger partial charge in [-0.3, -0.25) is 9.69 Å². The summed E-state index contributed by atoms with van der Waals surface area (Å²) in [4.78, 5) is 27.3. The van der Waals surface area contributed by atoms with Gasteiger partial charge >= 0.3 is 12.1 Å². The van der Waals surface area contributed by atoms with Gasteiger partial charge in [0.1, 0.15) is 11.6 Å². The zero-order chi connectivity index (χ0) is 17.9. The maximum absolute atomic E-state index is 12.1. The smallest absolute Gasteiger partial charge is 0.410 e. The summed E-state index contributed by atoms with van der Waals surface area (Å²) < 4.78 is 5.36. The minimum absolute atomic E-state index is 0. The first-order chi connectivity index (χ1) is 11.2. The average Bonchev–Trinajstić information content (AvgIpc) is 2.46. The van der Waals surface area contributed by atoms with Crippen LogP contribution in [-0.2, 0) is 9.53 Å². The molecule has 25 heavy (non-hydrogen) atoms. The molecule has 0 aliphatic carbocycles. The molecule has 1 N–H and O–H groups in total. The maximum atomic E-state index is 12.1. The molecule has 0 aromatic heterocycles. The van der Waals surface area contributed by atoms with Crippen LogP contribution in [0.5, 0.6) is 0 Å². The summed E-state index contributed by atoms with van der Waals surface area (Å²) in [6, 6.07) is 6.10. The number of benzene rings is 1. The molecule has 1 fully saturated rings. The number of hydrogen-bond donors (Lipinski definition) is 1. The Kier molecular flexibility index (Phi) is 7.53. The van der Waals surface area contributed by atoms with Crippen molar-refractivity contribution in [1.82, 2.24) is 9.80 Å². The van der Waals surface area contributed by atoms with Crippen LogP contribution in [0.4, 0.5) is 4.79 Å². The van der Waals surface area contributed by atoms with Crippen molar-refractivity contribution < 1.29 is 19.4 Å². The van der Waals surface area contributed by atoms with Gasteiger partial charge in [-0.1, -0.05) is 23.7 Å². The van der Waals surface area contributed by atoms with Crippen LogP contribution in [0.25, 0.3) is 0 Å². The Bertz CT molecular complexity index is 611. The Morgan fingerprint density at radius 2 is 1.80 bits per heavy atom. The summed E-state index contributed by atoms with van der Waals surface area (Å²) in [6.07, 6.45) is -0.364. The van der Waals surface area contributed by atoms with Crippen molar-refractivity contribution >= 4 is 36.1 Å². The molecule has 140 valence electrons. The molecule has 1 unspecified atom stereocenters. The van der Waals surface area contributed by atoms with E-state index in [0.29, 0.717) is 36.8 Å². The van der Waals surface area contributed by atoms with Crippen molar-refractivity contribution in [3.05, 3.63) is 34.9 Å². The summed E-state index contributed by atoms with van der Waals surface area (Å²) in [7, 11) is 0. The molecule has 0 spiro atoms. The SMILES string of the molecule is CC(C)(C)OC(=O)N1CCN(C(C(=O)O)c2cccc(Cl)c2)CC1.Cl. The van der Waals surface area contributed by atoms with E-state index >= 15 is 0 Å². The van der Waals surface area contributed by atoms with E-state index in [-0.39, 0.29) is 18.5 Å². The number of carboxylic acid groups (broad SMARTS) is 1. The van der Waals surface area contributed by atoms with Gasteiger partial charge in [0.25, 0.3) is 0 Å². The van der Waals surface area contributed by atoms with Gasteiger partial charge in [-0.15, -0.1) is 12.4 Å². The molecule has 0 saturated carbocycles. The van der Waals surface area contributed by atoms with E-state index in [1.54, 1.807) is 29.2 Å². The van der Waals surface area contributed by atoms with Gasteiger partial charge in [0.2, 0.25) is 0 Å². The average molecular weight is 391 g/mol. The quantitative estimate of drug-likeness (QED) is 0.855. The van der Waals surface area contributed by atoms with Crippen molar-refractivity contribution in [2.75, 3.05) is 26.2 Å². The Balaban J connectivity index is 0.00000312. The maximum Gasteiger partial charge on any atom is 0.410 e. The Labute approximate surface area is 159 Å². The van der Waals surface area contributed by atoms with E-state index in [2.05, 4.69) is 0 Å². The van der Waals surface area contributed by atoms with E-state index in [1.807, 2.05) is 25.7 Å². The van der Waals surface area contributed by atoms with Crippen LogP contribution in [0.1, 0.15) is 32.4 Å². The van der Waals surface area contributed by atoms with Gasteiger partial charge < -0.3 is 14.7 Å². The fourth-order valence-electron chi connectivity index (χ4n) is 2.68. The lowest BCUT2D eigenvalue weighted by Crippen LogP contribution is -2.51. The van der Waals surface area contributed by atoms with Gasteiger partial charge in [0.05, 0.1) is 0 Å². The third-order valence-corrected chi connectivity index (χ3v) is 3.96. The highest BCUT2D eigenvalue weighted by atomic mass is 35.5. The number of piperazine rings is 1. The number of ether oxygens (including phenoxy) is 1. The highest BCUT2D eigenvalue weighted by molar-refractivity contribution is 6.30. The van der Waals surface area contributed by atoms with Crippen molar-refractivity contribution in [1.29, 1.82) is 0 Å². The van der Waals surface area contributed by atoms with Crippen molar-refractivity contribution in [3.8, 4) is 0 Å². The molecule has 0 radical (unpaired) electrons. The van der Waals surface area contributed by atoms with E-state index in [9.17, 15) is 14.7 Å². The number of carbonyl (C=O) groups is 2. The second kappa shape index (κ2) is 8.74. The number of rotatable bonds is 3. The number of amides is 1. The highest BCUT2D eigenvalue weighted by Gasteiger charge is 2.32. The first-order valence-electron chi connectivity index (χ1n) is 7.87. The molecule has 1 heterocycles. The normalized spacial score (nSPS) is 16.7. The summed E-state index contributed by atoms with van der Waals surface area (Å²) in [5, 5.41) is 10.1. The van der Waals surface area contributed by atoms with Gasteiger partial charge in [-0.25, -0.2) is 4.79 Å². The van der Waals surface area contributed by atoms with Crippen molar-refractivity contribution in [2.24, 2.45) is 0 Å². The molecule has 2 rings (SSSR count). The fraction of sp³-hybridized carbons (Fsp3) is 0.529. The van der Waals surface area contributed by atoms with Crippen molar-refractivity contribution in [2.45, 2.75) is 32.4 Å². The van der Waals surface area contributed by atoms with Gasteiger partial charge in [-0.05, 0) is 38.5 Å². The minimum Gasteiger partial charge on any atom is -0.480 e. The molecule has 1 atom stereocenters. The van der Waals surface area contributed by atoms with Gasteiger partial charge in [-0.2, -0.15) is 0 Å². The number of carboxylic acids is 1. The van der Waals surface area contributed by atoms with Crippen LogP contribution in [0, 0.1) is 0 Å². The monoisotopic (exact) mass is 390 g/mol. The molecule has 0 bridgehead atoms. The van der Waals surface area contributed by atoms with E-state index in [1.165, 1.54) is 0 Å². The third-order valence-electron chi connectivity index (χ3n) is 3.73. The van der Waals surface area contributed by atoms with Gasteiger partial charge in [0.15, 0.2) is 0 Å².